The van der Waals surface area contributed by atoms with Gasteiger partial charge < -0.3 is 14.8 Å². The minimum atomic E-state index is 0.524. The predicted octanol–water partition coefficient (Wildman–Crippen LogP) is 4.33. The molecule has 0 atom stereocenters. The van der Waals surface area contributed by atoms with Gasteiger partial charge in [0.25, 0.3) is 0 Å². The summed E-state index contributed by atoms with van der Waals surface area (Å²) in [4.78, 5) is 9.31. The Morgan fingerprint density at radius 3 is 2.65 bits per heavy atom. The summed E-state index contributed by atoms with van der Waals surface area (Å²) < 4.78 is 12.1. The molecule has 1 aliphatic carbocycles. The second kappa shape index (κ2) is 8.21. The number of hydrogen-bond acceptors (Lipinski definition) is 5. The van der Waals surface area contributed by atoms with Crippen LogP contribution in [0.2, 0.25) is 0 Å². The van der Waals surface area contributed by atoms with E-state index < -0.39 is 0 Å². The van der Waals surface area contributed by atoms with Gasteiger partial charge in [-0.05, 0) is 56.4 Å². The third-order valence-electron chi connectivity index (χ3n) is 4.58. The van der Waals surface area contributed by atoms with Gasteiger partial charge in [-0.1, -0.05) is 18.6 Å². The fourth-order valence-electron chi connectivity index (χ4n) is 2.98. The Kier molecular flexibility index (Phi) is 5.33. The van der Waals surface area contributed by atoms with Crippen LogP contribution in [0.4, 0.5) is 0 Å². The number of nitrogens with one attached hydrogen (secondary N) is 1. The van der Waals surface area contributed by atoms with Crippen LogP contribution in [0.25, 0.3) is 0 Å². The van der Waals surface area contributed by atoms with Gasteiger partial charge in [0.1, 0.15) is 5.84 Å². The highest BCUT2D eigenvalue weighted by Crippen LogP contribution is 2.32. The van der Waals surface area contributed by atoms with Crippen LogP contribution in [0.3, 0.4) is 0 Å². The van der Waals surface area contributed by atoms with Gasteiger partial charge in [-0.3, -0.25) is 4.99 Å². The molecule has 1 fully saturated rings. The Hall–Kier alpha value is -2.56. The van der Waals surface area contributed by atoms with Gasteiger partial charge in [-0.2, -0.15) is 0 Å². The molecule has 0 radical (unpaired) electrons. The van der Waals surface area contributed by atoms with Crippen LogP contribution in [0, 0.1) is 0 Å². The van der Waals surface area contributed by atoms with Crippen molar-refractivity contribution in [2.45, 2.75) is 44.6 Å². The molecule has 0 spiro atoms. The number of pyridine rings is 1. The molecule has 2 aliphatic rings. The maximum Gasteiger partial charge on any atom is 0.230 e. The molecule has 0 bridgehead atoms. The van der Waals surface area contributed by atoms with E-state index in [1.54, 1.807) is 6.20 Å². The van der Waals surface area contributed by atoms with Crippen LogP contribution in [0.15, 0.2) is 47.6 Å². The lowest BCUT2D eigenvalue weighted by atomic mass is 10.2. The SMILES string of the molecule is c1ccc2c(c1)OCCCCCCN=C(NC1CC1)c1cccnc1O2. The number of hydrogen-bond donors (Lipinski definition) is 1. The van der Waals surface area contributed by atoms with E-state index in [0.29, 0.717) is 24.3 Å². The van der Waals surface area contributed by atoms with Gasteiger partial charge in [-0.15, -0.1) is 0 Å². The third kappa shape index (κ3) is 4.34. The zero-order chi connectivity index (χ0) is 17.6. The highest BCUT2D eigenvalue weighted by atomic mass is 16.5. The molecule has 1 N–H and O–H groups in total. The predicted molar refractivity (Wildman–Crippen MR) is 102 cm³/mol. The molecule has 5 nitrogen and oxygen atoms in total. The largest absolute Gasteiger partial charge is 0.490 e. The number of fused-ring (bicyclic) bond motifs is 2. The normalized spacial score (nSPS) is 18.2. The summed E-state index contributed by atoms with van der Waals surface area (Å²) in [6.07, 6.45) is 8.60. The molecular formula is C21H25N3O2. The minimum absolute atomic E-state index is 0.524. The number of aliphatic imine (C=N–C) groups is 1. The van der Waals surface area contributed by atoms with E-state index in [-0.39, 0.29) is 0 Å². The Labute approximate surface area is 154 Å². The summed E-state index contributed by atoms with van der Waals surface area (Å²) in [5.41, 5.74) is 0.909. The quantitative estimate of drug-likeness (QED) is 0.831. The van der Waals surface area contributed by atoms with Crippen LogP contribution in [-0.4, -0.2) is 30.0 Å². The average Bonchev–Trinajstić information content (AvgIpc) is 3.48. The van der Waals surface area contributed by atoms with E-state index in [4.69, 9.17) is 14.5 Å². The van der Waals surface area contributed by atoms with Crippen LogP contribution in [-0.2, 0) is 0 Å². The summed E-state index contributed by atoms with van der Waals surface area (Å²) in [5, 5.41) is 3.55. The standard InChI is InChI=1S/C21H25N3O2/c1-2-6-15-25-18-9-3-4-10-19(18)26-21-17(8-7-14-23-21)20(22-13-5-1)24-16-11-12-16/h3-4,7-10,14,16H,1-2,5-6,11-13,15H2,(H,22,24). The lowest BCUT2D eigenvalue weighted by Gasteiger charge is -2.16. The van der Waals surface area contributed by atoms with E-state index in [1.807, 2.05) is 36.4 Å². The first kappa shape index (κ1) is 16.9. The number of para-hydroxylation sites is 2. The van der Waals surface area contributed by atoms with Crippen molar-refractivity contribution in [3.8, 4) is 17.4 Å². The Morgan fingerprint density at radius 2 is 1.77 bits per heavy atom. The van der Waals surface area contributed by atoms with Crippen molar-refractivity contribution in [2.24, 2.45) is 4.99 Å². The maximum absolute atomic E-state index is 6.16. The first-order valence-electron chi connectivity index (χ1n) is 9.56. The molecule has 0 saturated heterocycles. The number of rotatable bonds is 1. The summed E-state index contributed by atoms with van der Waals surface area (Å²) >= 11 is 0. The Morgan fingerprint density at radius 1 is 0.923 bits per heavy atom. The molecule has 1 aliphatic heterocycles. The molecule has 1 aromatic carbocycles. The summed E-state index contributed by atoms with van der Waals surface area (Å²) in [7, 11) is 0. The van der Waals surface area contributed by atoms with E-state index in [2.05, 4.69) is 10.3 Å². The average molecular weight is 351 g/mol. The van der Waals surface area contributed by atoms with E-state index in [1.165, 1.54) is 19.3 Å². The molecule has 1 aromatic heterocycles. The smallest absolute Gasteiger partial charge is 0.230 e. The Bertz CT molecular complexity index is 771. The Balaban J connectivity index is 1.69. The topological polar surface area (TPSA) is 55.7 Å². The fourth-order valence-corrected chi connectivity index (χ4v) is 2.98. The van der Waals surface area contributed by atoms with Crippen LogP contribution >= 0.6 is 0 Å². The first-order chi connectivity index (χ1) is 12.9. The molecule has 2 aromatic rings. The third-order valence-corrected chi connectivity index (χ3v) is 4.58. The van der Waals surface area contributed by atoms with Gasteiger partial charge in [0.15, 0.2) is 11.5 Å². The molecule has 26 heavy (non-hydrogen) atoms. The van der Waals surface area contributed by atoms with E-state index >= 15 is 0 Å². The van der Waals surface area contributed by atoms with Crippen LogP contribution in [0.1, 0.15) is 44.1 Å². The summed E-state index contributed by atoms with van der Waals surface area (Å²) in [6.45, 7) is 1.52. The lowest BCUT2D eigenvalue weighted by molar-refractivity contribution is 0.290. The van der Waals surface area contributed by atoms with Crippen molar-refractivity contribution in [1.82, 2.24) is 10.3 Å². The van der Waals surface area contributed by atoms with Crippen molar-refractivity contribution in [3.05, 3.63) is 48.2 Å². The minimum Gasteiger partial charge on any atom is -0.490 e. The highest BCUT2D eigenvalue weighted by Gasteiger charge is 2.24. The van der Waals surface area contributed by atoms with Gasteiger partial charge in [0.2, 0.25) is 5.88 Å². The van der Waals surface area contributed by atoms with Crippen molar-refractivity contribution >= 4 is 5.84 Å². The molecule has 0 unspecified atom stereocenters. The van der Waals surface area contributed by atoms with Gasteiger partial charge in [0.05, 0.1) is 12.2 Å². The molecule has 4 rings (SSSR count). The number of ether oxygens (including phenoxy) is 2. The maximum atomic E-state index is 6.16. The number of benzene rings is 1. The molecular weight excluding hydrogens is 326 g/mol. The first-order valence-corrected chi connectivity index (χ1v) is 9.56. The molecule has 2 heterocycles. The van der Waals surface area contributed by atoms with Crippen molar-refractivity contribution in [3.63, 3.8) is 0 Å². The van der Waals surface area contributed by atoms with E-state index in [0.717, 1.165) is 43.0 Å². The van der Waals surface area contributed by atoms with Crippen molar-refractivity contribution in [2.75, 3.05) is 13.2 Å². The lowest BCUT2D eigenvalue weighted by Crippen LogP contribution is -2.27. The zero-order valence-corrected chi connectivity index (χ0v) is 15.0. The van der Waals surface area contributed by atoms with Gasteiger partial charge >= 0.3 is 0 Å². The fraction of sp³-hybridized carbons (Fsp3) is 0.429. The zero-order valence-electron chi connectivity index (χ0n) is 15.0. The number of amidine groups is 1. The van der Waals surface area contributed by atoms with Gasteiger partial charge in [0, 0.05) is 18.8 Å². The second-order valence-corrected chi connectivity index (χ2v) is 6.82. The van der Waals surface area contributed by atoms with Crippen LogP contribution < -0.4 is 14.8 Å². The van der Waals surface area contributed by atoms with Crippen molar-refractivity contribution < 1.29 is 9.47 Å². The monoisotopic (exact) mass is 351 g/mol. The highest BCUT2D eigenvalue weighted by molar-refractivity contribution is 6.01. The van der Waals surface area contributed by atoms with Gasteiger partial charge in [-0.25, -0.2) is 4.98 Å². The second-order valence-electron chi connectivity index (χ2n) is 6.82. The number of nitrogens with zero attached hydrogens (tertiary/aromatic N) is 2. The summed E-state index contributed by atoms with van der Waals surface area (Å²) in [6, 6.07) is 12.3. The molecule has 136 valence electrons. The summed E-state index contributed by atoms with van der Waals surface area (Å²) in [5.74, 6) is 2.91. The van der Waals surface area contributed by atoms with E-state index in [9.17, 15) is 0 Å². The molecule has 0 amide bonds. The molecule has 5 heteroatoms. The van der Waals surface area contributed by atoms with Crippen LogP contribution in [0.5, 0.6) is 17.4 Å². The number of aromatic nitrogens is 1. The van der Waals surface area contributed by atoms with Crippen molar-refractivity contribution in [1.29, 1.82) is 0 Å². The molecule has 1 saturated carbocycles.